The summed E-state index contributed by atoms with van der Waals surface area (Å²) in [5, 5.41) is 7.70. The largest absolute Gasteiger partial charge is 0.384 e. The Bertz CT molecular complexity index is 441. The predicted octanol–water partition coefficient (Wildman–Crippen LogP) is 1.42. The average Bonchev–Trinajstić information content (AvgIpc) is 2.53. The van der Waals surface area contributed by atoms with Crippen LogP contribution in [0.5, 0.6) is 0 Å². The standard InChI is InChI=1S/C14H22N4/c1-11-4-5-12(14(15)16)13(10-11)18-7-3-6-17(2)8-9-18/h4-5,10H,3,6-9H2,1-2H3,(H3,15,16). The highest BCUT2D eigenvalue weighted by Crippen LogP contribution is 2.23. The first-order valence-electron chi connectivity index (χ1n) is 6.46. The van der Waals surface area contributed by atoms with Crippen LogP contribution in [0.4, 0.5) is 5.69 Å². The Morgan fingerprint density at radius 2 is 2.00 bits per heavy atom. The summed E-state index contributed by atoms with van der Waals surface area (Å²) >= 11 is 0. The minimum atomic E-state index is 0.155. The minimum Gasteiger partial charge on any atom is -0.384 e. The van der Waals surface area contributed by atoms with Crippen LogP contribution in [0.25, 0.3) is 0 Å². The highest BCUT2D eigenvalue weighted by atomic mass is 15.2. The number of rotatable bonds is 2. The van der Waals surface area contributed by atoms with Crippen molar-refractivity contribution in [3.05, 3.63) is 29.3 Å². The molecule has 2 rings (SSSR count). The molecular formula is C14H22N4. The van der Waals surface area contributed by atoms with Crippen LogP contribution >= 0.6 is 0 Å². The van der Waals surface area contributed by atoms with E-state index in [1.54, 1.807) is 0 Å². The molecule has 0 bridgehead atoms. The quantitative estimate of drug-likeness (QED) is 0.613. The number of hydrogen-bond acceptors (Lipinski definition) is 3. The van der Waals surface area contributed by atoms with Gasteiger partial charge in [0.1, 0.15) is 5.84 Å². The second-order valence-electron chi connectivity index (χ2n) is 5.08. The van der Waals surface area contributed by atoms with E-state index in [1.807, 2.05) is 12.1 Å². The first-order valence-corrected chi connectivity index (χ1v) is 6.46. The van der Waals surface area contributed by atoms with E-state index in [9.17, 15) is 0 Å². The lowest BCUT2D eigenvalue weighted by Crippen LogP contribution is -2.30. The second kappa shape index (κ2) is 5.40. The van der Waals surface area contributed by atoms with Gasteiger partial charge in [0.2, 0.25) is 0 Å². The maximum Gasteiger partial charge on any atom is 0.124 e. The fraction of sp³-hybridized carbons (Fsp3) is 0.500. The van der Waals surface area contributed by atoms with Crippen molar-refractivity contribution in [3.63, 3.8) is 0 Å². The van der Waals surface area contributed by atoms with E-state index in [0.717, 1.165) is 43.9 Å². The van der Waals surface area contributed by atoms with Crippen molar-refractivity contribution in [3.8, 4) is 0 Å². The molecule has 0 aromatic heterocycles. The molecule has 0 aliphatic carbocycles. The number of likely N-dealkylation sites (N-methyl/N-ethyl adjacent to an activating group) is 1. The number of nitrogens with zero attached hydrogens (tertiary/aromatic N) is 2. The summed E-state index contributed by atoms with van der Waals surface area (Å²) < 4.78 is 0. The number of hydrogen-bond donors (Lipinski definition) is 2. The van der Waals surface area contributed by atoms with Crippen molar-refractivity contribution in [2.75, 3.05) is 38.1 Å². The number of nitrogens with two attached hydrogens (primary N) is 1. The molecule has 0 spiro atoms. The SMILES string of the molecule is Cc1ccc(C(=N)N)c(N2CCCN(C)CC2)c1. The lowest BCUT2D eigenvalue weighted by Gasteiger charge is -2.25. The summed E-state index contributed by atoms with van der Waals surface area (Å²) in [6.45, 7) is 6.31. The van der Waals surface area contributed by atoms with Gasteiger partial charge in [-0.3, -0.25) is 5.41 Å². The number of benzene rings is 1. The molecule has 1 aliphatic heterocycles. The maximum absolute atomic E-state index is 7.70. The van der Waals surface area contributed by atoms with Gasteiger partial charge in [-0.05, 0) is 44.6 Å². The van der Waals surface area contributed by atoms with Gasteiger partial charge in [-0.15, -0.1) is 0 Å². The van der Waals surface area contributed by atoms with E-state index >= 15 is 0 Å². The van der Waals surface area contributed by atoms with E-state index in [2.05, 4.69) is 29.8 Å². The normalized spacial score (nSPS) is 17.6. The van der Waals surface area contributed by atoms with E-state index in [-0.39, 0.29) is 5.84 Å². The molecule has 1 saturated heterocycles. The van der Waals surface area contributed by atoms with Crippen molar-refractivity contribution < 1.29 is 0 Å². The first kappa shape index (κ1) is 12.9. The van der Waals surface area contributed by atoms with Gasteiger partial charge in [0.05, 0.1) is 0 Å². The molecule has 0 unspecified atom stereocenters. The lowest BCUT2D eigenvalue weighted by atomic mass is 10.1. The molecule has 98 valence electrons. The third-order valence-corrected chi connectivity index (χ3v) is 3.50. The number of nitrogen functional groups attached to an aromatic ring is 1. The Hall–Kier alpha value is -1.55. The number of aryl methyl sites for hydroxylation is 1. The summed E-state index contributed by atoms with van der Waals surface area (Å²) in [5.74, 6) is 0.155. The smallest absolute Gasteiger partial charge is 0.124 e. The molecule has 4 nitrogen and oxygen atoms in total. The summed E-state index contributed by atoms with van der Waals surface area (Å²) in [4.78, 5) is 4.70. The van der Waals surface area contributed by atoms with Crippen LogP contribution in [0.3, 0.4) is 0 Å². The molecule has 4 heteroatoms. The van der Waals surface area contributed by atoms with Crippen molar-refractivity contribution >= 4 is 11.5 Å². The molecule has 1 aliphatic rings. The Morgan fingerprint density at radius 1 is 1.22 bits per heavy atom. The fourth-order valence-corrected chi connectivity index (χ4v) is 2.42. The van der Waals surface area contributed by atoms with Gasteiger partial charge < -0.3 is 15.5 Å². The van der Waals surface area contributed by atoms with Crippen LogP contribution in [-0.2, 0) is 0 Å². The molecule has 18 heavy (non-hydrogen) atoms. The minimum absolute atomic E-state index is 0.155. The maximum atomic E-state index is 7.70. The zero-order chi connectivity index (χ0) is 13.1. The summed E-state index contributed by atoms with van der Waals surface area (Å²) in [6.07, 6.45) is 1.15. The van der Waals surface area contributed by atoms with Gasteiger partial charge in [-0.1, -0.05) is 6.07 Å². The van der Waals surface area contributed by atoms with Crippen molar-refractivity contribution in [1.29, 1.82) is 5.41 Å². The van der Waals surface area contributed by atoms with Crippen LogP contribution in [-0.4, -0.2) is 44.0 Å². The molecular weight excluding hydrogens is 224 g/mol. The highest BCUT2D eigenvalue weighted by molar-refractivity contribution is 6.00. The van der Waals surface area contributed by atoms with Crippen LogP contribution in [0, 0.1) is 12.3 Å². The van der Waals surface area contributed by atoms with Crippen LogP contribution < -0.4 is 10.6 Å². The van der Waals surface area contributed by atoms with E-state index < -0.39 is 0 Å². The van der Waals surface area contributed by atoms with Crippen LogP contribution in [0.2, 0.25) is 0 Å². The summed E-state index contributed by atoms with van der Waals surface area (Å²) in [6, 6.07) is 6.12. The van der Waals surface area contributed by atoms with Crippen LogP contribution in [0.1, 0.15) is 17.5 Å². The zero-order valence-electron chi connectivity index (χ0n) is 11.2. The number of nitrogens with one attached hydrogen (secondary N) is 1. The molecule has 1 fully saturated rings. The van der Waals surface area contributed by atoms with E-state index in [0.29, 0.717) is 0 Å². The molecule has 0 amide bonds. The summed E-state index contributed by atoms with van der Waals surface area (Å²) in [7, 11) is 2.16. The molecule has 0 saturated carbocycles. The van der Waals surface area contributed by atoms with Gasteiger partial charge in [-0.2, -0.15) is 0 Å². The Balaban J connectivity index is 2.30. The van der Waals surface area contributed by atoms with Crippen molar-refractivity contribution in [2.24, 2.45) is 5.73 Å². The van der Waals surface area contributed by atoms with E-state index in [4.69, 9.17) is 11.1 Å². The van der Waals surface area contributed by atoms with Crippen molar-refractivity contribution in [1.82, 2.24) is 4.90 Å². The van der Waals surface area contributed by atoms with Crippen LogP contribution in [0.15, 0.2) is 18.2 Å². The fourth-order valence-electron chi connectivity index (χ4n) is 2.42. The molecule has 1 heterocycles. The van der Waals surface area contributed by atoms with Crippen molar-refractivity contribution in [2.45, 2.75) is 13.3 Å². The van der Waals surface area contributed by atoms with Gasteiger partial charge in [-0.25, -0.2) is 0 Å². The van der Waals surface area contributed by atoms with Gasteiger partial charge in [0, 0.05) is 30.9 Å². The third-order valence-electron chi connectivity index (χ3n) is 3.50. The molecule has 0 radical (unpaired) electrons. The highest BCUT2D eigenvalue weighted by Gasteiger charge is 2.16. The number of anilines is 1. The van der Waals surface area contributed by atoms with Gasteiger partial charge >= 0.3 is 0 Å². The second-order valence-corrected chi connectivity index (χ2v) is 5.08. The summed E-state index contributed by atoms with van der Waals surface area (Å²) in [5.41, 5.74) is 8.86. The topological polar surface area (TPSA) is 56.4 Å². The third kappa shape index (κ3) is 2.82. The van der Waals surface area contributed by atoms with E-state index in [1.165, 1.54) is 5.56 Å². The molecule has 3 N–H and O–H groups in total. The lowest BCUT2D eigenvalue weighted by molar-refractivity contribution is 0.360. The average molecular weight is 246 g/mol. The monoisotopic (exact) mass is 246 g/mol. The molecule has 0 atom stereocenters. The number of amidine groups is 1. The zero-order valence-corrected chi connectivity index (χ0v) is 11.2. The molecule has 1 aromatic rings. The Labute approximate surface area is 109 Å². The predicted molar refractivity (Wildman–Crippen MR) is 76.5 cm³/mol. The van der Waals surface area contributed by atoms with Gasteiger partial charge in [0.25, 0.3) is 0 Å². The molecule has 1 aromatic carbocycles. The Morgan fingerprint density at radius 3 is 2.72 bits per heavy atom. The van der Waals surface area contributed by atoms with Gasteiger partial charge in [0.15, 0.2) is 0 Å². The first-order chi connectivity index (χ1) is 8.58. The Kier molecular flexibility index (Phi) is 3.87.